The Morgan fingerprint density at radius 2 is 1.84 bits per heavy atom. The fourth-order valence-corrected chi connectivity index (χ4v) is 3.27. The minimum atomic E-state index is -0.774. The lowest BCUT2D eigenvalue weighted by Crippen LogP contribution is -2.31. The third-order valence-electron chi connectivity index (χ3n) is 4.72. The molecule has 0 heterocycles. The van der Waals surface area contributed by atoms with E-state index in [0.29, 0.717) is 11.8 Å². The Kier molecular flexibility index (Phi) is 4.56. The Hall–Kier alpha value is -0.960. The van der Waals surface area contributed by atoms with E-state index in [-0.39, 0.29) is 6.04 Å². The van der Waals surface area contributed by atoms with Gasteiger partial charge in [0, 0.05) is 6.04 Å². The number of hydrogen-bond acceptors (Lipinski definition) is 1. The van der Waals surface area contributed by atoms with Gasteiger partial charge in [-0.05, 0) is 55.3 Å². The fraction of sp³-hybridized carbons (Fsp3) is 0.625. The second-order valence-electron chi connectivity index (χ2n) is 5.97. The lowest BCUT2D eigenvalue weighted by molar-refractivity contribution is 0.174. The molecule has 0 radical (unpaired) electrons. The summed E-state index contributed by atoms with van der Waals surface area (Å²) in [5.41, 5.74) is 0.855. The molecule has 1 fully saturated rings. The summed E-state index contributed by atoms with van der Waals surface area (Å²) in [6, 6.07) is 4.37. The van der Waals surface area contributed by atoms with Crippen molar-refractivity contribution in [3.05, 3.63) is 35.4 Å². The lowest BCUT2D eigenvalue weighted by Gasteiger charge is -2.37. The van der Waals surface area contributed by atoms with Crippen molar-refractivity contribution in [3.8, 4) is 0 Å². The van der Waals surface area contributed by atoms with Gasteiger partial charge >= 0.3 is 0 Å². The van der Waals surface area contributed by atoms with Crippen molar-refractivity contribution in [1.29, 1.82) is 0 Å². The Morgan fingerprint density at radius 3 is 2.42 bits per heavy atom. The molecule has 2 rings (SSSR count). The first-order valence-electron chi connectivity index (χ1n) is 7.15. The van der Waals surface area contributed by atoms with Crippen molar-refractivity contribution in [3.63, 3.8) is 0 Å². The lowest BCUT2D eigenvalue weighted by atomic mass is 9.72. The molecule has 1 aromatic carbocycles. The first-order chi connectivity index (χ1) is 9.02. The number of nitrogens with one attached hydrogen (secondary N) is 1. The Labute approximate surface area is 114 Å². The van der Waals surface area contributed by atoms with Crippen LogP contribution in [0, 0.1) is 29.4 Å². The predicted octanol–water partition coefficient (Wildman–Crippen LogP) is 4.30. The summed E-state index contributed by atoms with van der Waals surface area (Å²) < 4.78 is 26.4. The van der Waals surface area contributed by atoms with Gasteiger partial charge in [0.05, 0.1) is 0 Å². The van der Waals surface area contributed by atoms with Gasteiger partial charge in [0.25, 0.3) is 0 Å². The maximum Gasteiger partial charge on any atom is 0.159 e. The third kappa shape index (κ3) is 3.14. The summed E-state index contributed by atoms with van der Waals surface area (Å²) in [6.07, 6.45) is 3.51. The normalized spacial score (nSPS) is 29.2. The molecule has 1 aromatic rings. The molecule has 1 N–H and O–H groups in total. The summed E-state index contributed by atoms with van der Waals surface area (Å²) in [7, 11) is 1.90. The van der Waals surface area contributed by atoms with Gasteiger partial charge < -0.3 is 5.32 Å². The summed E-state index contributed by atoms with van der Waals surface area (Å²) in [5.74, 6) is 0.430. The molecule has 0 aliphatic heterocycles. The van der Waals surface area contributed by atoms with Crippen molar-refractivity contribution in [2.75, 3.05) is 7.05 Å². The number of rotatable bonds is 3. The van der Waals surface area contributed by atoms with Gasteiger partial charge in [0.2, 0.25) is 0 Å². The van der Waals surface area contributed by atoms with Crippen molar-refractivity contribution in [2.24, 2.45) is 17.8 Å². The van der Waals surface area contributed by atoms with E-state index < -0.39 is 11.6 Å². The Balaban J connectivity index is 2.17. The van der Waals surface area contributed by atoms with Crippen LogP contribution in [-0.2, 0) is 0 Å². The molecular weight excluding hydrogens is 244 g/mol. The molecule has 0 amide bonds. The number of halogens is 2. The molecule has 19 heavy (non-hydrogen) atoms. The summed E-state index contributed by atoms with van der Waals surface area (Å²) in [4.78, 5) is 0. The highest BCUT2D eigenvalue weighted by Gasteiger charge is 2.30. The minimum Gasteiger partial charge on any atom is -0.313 e. The van der Waals surface area contributed by atoms with Crippen LogP contribution in [0.5, 0.6) is 0 Å². The van der Waals surface area contributed by atoms with E-state index in [1.807, 2.05) is 7.05 Å². The van der Waals surface area contributed by atoms with Crippen molar-refractivity contribution in [1.82, 2.24) is 5.32 Å². The van der Waals surface area contributed by atoms with Gasteiger partial charge in [0.15, 0.2) is 11.6 Å². The maximum absolute atomic E-state index is 13.4. The third-order valence-corrected chi connectivity index (χ3v) is 4.72. The quantitative estimate of drug-likeness (QED) is 0.861. The van der Waals surface area contributed by atoms with Crippen LogP contribution in [0.15, 0.2) is 18.2 Å². The highest BCUT2D eigenvalue weighted by atomic mass is 19.2. The molecule has 0 bridgehead atoms. The van der Waals surface area contributed by atoms with E-state index in [9.17, 15) is 8.78 Å². The zero-order chi connectivity index (χ0) is 14.0. The maximum atomic E-state index is 13.4. The van der Waals surface area contributed by atoms with Crippen LogP contribution in [0.3, 0.4) is 0 Å². The molecule has 106 valence electrons. The van der Waals surface area contributed by atoms with Crippen molar-refractivity contribution in [2.45, 2.75) is 39.2 Å². The molecule has 0 saturated heterocycles. The molecule has 0 aromatic heterocycles. The number of benzene rings is 1. The molecule has 1 nitrogen and oxygen atoms in total. The van der Waals surface area contributed by atoms with E-state index in [4.69, 9.17) is 0 Å². The molecule has 3 heteroatoms. The first kappa shape index (κ1) is 14.4. The zero-order valence-corrected chi connectivity index (χ0v) is 11.9. The van der Waals surface area contributed by atoms with Gasteiger partial charge in [0.1, 0.15) is 0 Å². The molecule has 4 atom stereocenters. The monoisotopic (exact) mass is 267 g/mol. The largest absolute Gasteiger partial charge is 0.313 e. The van der Waals surface area contributed by atoms with E-state index in [1.165, 1.54) is 18.6 Å². The smallest absolute Gasteiger partial charge is 0.159 e. The number of hydrogen-bond donors (Lipinski definition) is 1. The molecule has 1 aliphatic rings. The standard InChI is InChI=1S/C16H23F2N/c1-10-4-5-12(8-11(10)2)16(19-3)13-6-7-14(17)15(18)9-13/h6-7,9-12,16,19H,4-5,8H2,1-3H3. The van der Waals surface area contributed by atoms with Gasteiger partial charge in [-0.15, -0.1) is 0 Å². The average Bonchev–Trinajstić information content (AvgIpc) is 2.39. The van der Waals surface area contributed by atoms with E-state index in [1.54, 1.807) is 6.07 Å². The van der Waals surface area contributed by atoms with E-state index in [0.717, 1.165) is 24.3 Å². The van der Waals surface area contributed by atoms with Crippen molar-refractivity contribution < 1.29 is 8.78 Å². The predicted molar refractivity (Wildman–Crippen MR) is 73.8 cm³/mol. The molecule has 4 unspecified atom stereocenters. The molecule has 0 spiro atoms. The van der Waals surface area contributed by atoms with Crippen LogP contribution < -0.4 is 5.32 Å². The molecular formula is C16H23F2N. The van der Waals surface area contributed by atoms with Crippen LogP contribution in [0.4, 0.5) is 8.78 Å². The van der Waals surface area contributed by atoms with Crippen LogP contribution in [-0.4, -0.2) is 7.05 Å². The van der Waals surface area contributed by atoms with Crippen LogP contribution in [0.2, 0.25) is 0 Å². The fourth-order valence-electron chi connectivity index (χ4n) is 3.27. The second kappa shape index (κ2) is 6.00. The van der Waals surface area contributed by atoms with Gasteiger partial charge in [-0.25, -0.2) is 8.78 Å². The van der Waals surface area contributed by atoms with Crippen LogP contribution >= 0.6 is 0 Å². The van der Waals surface area contributed by atoms with Crippen molar-refractivity contribution >= 4 is 0 Å². The average molecular weight is 267 g/mol. The van der Waals surface area contributed by atoms with Gasteiger partial charge in [-0.3, -0.25) is 0 Å². The van der Waals surface area contributed by atoms with Gasteiger partial charge in [-0.2, -0.15) is 0 Å². The summed E-state index contributed by atoms with van der Waals surface area (Å²) in [6.45, 7) is 4.58. The minimum absolute atomic E-state index is 0.116. The highest BCUT2D eigenvalue weighted by Crippen LogP contribution is 2.39. The van der Waals surface area contributed by atoms with E-state index >= 15 is 0 Å². The van der Waals surface area contributed by atoms with Crippen LogP contribution in [0.1, 0.15) is 44.7 Å². The summed E-state index contributed by atoms with van der Waals surface area (Å²) >= 11 is 0. The SMILES string of the molecule is CNC(c1ccc(F)c(F)c1)C1CCC(C)C(C)C1. The second-order valence-corrected chi connectivity index (χ2v) is 5.97. The highest BCUT2D eigenvalue weighted by molar-refractivity contribution is 5.22. The summed E-state index contributed by atoms with van der Waals surface area (Å²) in [5, 5.41) is 3.28. The zero-order valence-electron chi connectivity index (χ0n) is 11.9. The van der Waals surface area contributed by atoms with Crippen LogP contribution in [0.25, 0.3) is 0 Å². The Morgan fingerprint density at radius 1 is 1.11 bits per heavy atom. The molecule has 1 aliphatic carbocycles. The first-order valence-corrected chi connectivity index (χ1v) is 7.15. The van der Waals surface area contributed by atoms with Gasteiger partial charge in [-0.1, -0.05) is 26.3 Å². The topological polar surface area (TPSA) is 12.0 Å². The molecule has 1 saturated carbocycles. The Bertz CT molecular complexity index is 433. The van der Waals surface area contributed by atoms with E-state index in [2.05, 4.69) is 19.2 Å².